The first-order valence-electron chi connectivity index (χ1n) is 5.15. The van der Waals surface area contributed by atoms with Gasteiger partial charge in [-0.1, -0.05) is 6.92 Å². The van der Waals surface area contributed by atoms with Gasteiger partial charge in [-0.25, -0.2) is 4.98 Å². The van der Waals surface area contributed by atoms with Gasteiger partial charge in [-0.15, -0.1) is 0 Å². The highest BCUT2D eigenvalue weighted by atomic mass is 16.5. The Morgan fingerprint density at radius 3 is 2.71 bits per heavy atom. The number of amides is 1. The average Bonchev–Trinajstić information content (AvgIpc) is 2.37. The second kappa shape index (κ2) is 5.93. The van der Waals surface area contributed by atoms with E-state index in [4.69, 9.17) is 0 Å². The molecule has 0 saturated carbocycles. The molecule has 0 N–H and O–H groups in total. The third-order valence-electron chi connectivity index (χ3n) is 2.28. The number of carbonyl (C=O) groups is 2. The minimum atomic E-state index is -0.370. The Balaban J connectivity index is 2.62. The molecule has 92 valence electrons. The van der Waals surface area contributed by atoms with Gasteiger partial charge in [0.05, 0.1) is 19.2 Å². The van der Waals surface area contributed by atoms with Gasteiger partial charge < -0.3 is 9.64 Å². The molecule has 0 bridgehead atoms. The highest BCUT2D eigenvalue weighted by Crippen LogP contribution is 2.04. The van der Waals surface area contributed by atoms with E-state index in [0.29, 0.717) is 0 Å². The van der Waals surface area contributed by atoms with Gasteiger partial charge in [0.25, 0.3) is 5.91 Å². The lowest BCUT2D eigenvalue weighted by Crippen LogP contribution is -2.34. The van der Waals surface area contributed by atoms with Crippen LogP contribution in [-0.2, 0) is 9.53 Å². The summed E-state index contributed by atoms with van der Waals surface area (Å²) in [5.41, 5.74) is 0.257. The number of nitrogens with zero attached hydrogens (tertiary/aromatic N) is 3. The lowest BCUT2D eigenvalue weighted by atomic mass is 10.1. The second-order valence-electron chi connectivity index (χ2n) is 3.70. The molecule has 0 aliphatic carbocycles. The molecule has 0 aliphatic rings. The molecule has 0 spiro atoms. The minimum absolute atomic E-state index is 0.257. The SMILES string of the molecule is COC(=O)C(C)CN(C)C(=O)c1cnccn1. The first kappa shape index (κ1) is 13.1. The summed E-state index contributed by atoms with van der Waals surface area (Å²) in [6.07, 6.45) is 4.33. The number of hydrogen-bond donors (Lipinski definition) is 0. The summed E-state index contributed by atoms with van der Waals surface area (Å²) in [5, 5.41) is 0. The van der Waals surface area contributed by atoms with Crippen LogP contribution in [0.15, 0.2) is 18.6 Å². The summed E-state index contributed by atoms with van der Waals surface area (Å²) in [5.74, 6) is -0.983. The highest BCUT2D eigenvalue weighted by molar-refractivity contribution is 5.92. The number of aromatic nitrogens is 2. The summed E-state index contributed by atoms with van der Waals surface area (Å²) in [4.78, 5) is 32.2. The van der Waals surface area contributed by atoms with Crippen LogP contribution in [0.2, 0.25) is 0 Å². The van der Waals surface area contributed by atoms with Crippen LogP contribution in [0.4, 0.5) is 0 Å². The predicted molar refractivity (Wildman–Crippen MR) is 60.2 cm³/mol. The van der Waals surface area contributed by atoms with Crippen LogP contribution in [0.1, 0.15) is 17.4 Å². The van der Waals surface area contributed by atoms with Crippen molar-refractivity contribution in [3.8, 4) is 0 Å². The maximum atomic E-state index is 11.9. The van der Waals surface area contributed by atoms with Gasteiger partial charge in [0.1, 0.15) is 5.69 Å². The largest absolute Gasteiger partial charge is 0.469 e. The zero-order chi connectivity index (χ0) is 12.8. The van der Waals surface area contributed by atoms with Crippen molar-refractivity contribution in [2.75, 3.05) is 20.7 Å². The van der Waals surface area contributed by atoms with Gasteiger partial charge in [0.2, 0.25) is 0 Å². The standard InChI is InChI=1S/C11H15N3O3/c1-8(11(16)17-3)7-14(2)10(15)9-6-12-4-5-13-9/h4-6,8H,7H2,1-3H3. The van der Waals surface area contributed by atoms with Crippen molar-refractivity contribution in [3.05, 3.63) is 24.3 Å². The smallest absolute Gasteiger partial charge is 0.310 e. The molecule has 1 heterocycles. The maximum Gasteiger partial charge on any atom is 0.310 e. The van der Waals surface area contributed by atoms with E-state index in [-0.39, 0.29) is 30.0 Å². The van der Waals surface area contributed by atoms with Crippen LogP contribution >= 0.6 is 0 Å². The Morgan fingerprint density at radius 2 is 2.18 bits per heavy atom. The van der Waals surface area contributed by atoms with Crippen molar-refractivity contribution in [2.24, 2.45) is 5.92 Å². The molecule has 6 heteroatoms. The van der Waals surface area contributed by atoms with E-state index in [9.17, 15) is 9.59 Å². The van der Waals surface area contributed by atoms with Gasteiger partial charge in [0.15, 0.2) is 0 Å². The average molecular weight is 237 g/mol. The zero-order valence-corrected chi connectivity index (χ0v) is 10.1. The third kappa shape index (κ3) is 3.51. The Kier molecular flexibility index (Phi) is 4.56. The van der Waals surface area contributed by atoms with Crippen LogP contribution < -0.4 is 0 Å². The molecule has 0 fully saturated rings. The van der Waals surface area contributed by atoms with Crippen molar-refractivity contribution in [1.29, 1.82) is 0 Å². The molecule has 0 aromatic carbocycles. The van der Waals surface area contributed by atoms with E-state index in [1.165, 1.54) is 30.6 Å². The fourth-order valence-corrected chi connectivity index (χ4v) is 1.37. The van der Waals surface area contributed by atoms with E-state index < -0.39 is 0 Å². The van der Waals surface area contributed by atoms with Crippen molar-refractivity contribution < 1.29 is 14.3 Å². The number of hydrogen-bond acceptors (Lipinski definition) is 5. The molecular formula is C11H15N3O3. The predicted octanol–water partition coefficient (Wildman–Crippen LogP) is 0.358. The van der Waals surface area contributed by atoms with E-state index in [1.54, 1.807) is 14.0 Å². The number of methoxy groups -OCH3 is 1. The normalized spacial score (nSPS) is 11.7. The Hall–Kier alpha value is -1.98. The molecule has 1 rings (SSSR count). The van der Waals surface area contributed by atoms with Gasteiger partial charge >= 0.3 is 5.97 Å². The summed E-state index contributed by atoms with van der Waals surface area (Å²) in [6.45, 7) is 1.98. The zero-order valence-electron chi connectivity index (χ0n) is 10.1. The molecule has 1 amide bonds. The first-order chi connectivity index (χ1) is 8.06. The minimum Gasteiger partial charge on any atom is -0.469 e. The van der Waals surface area contributed by atoms with Crippen LogP contribution in [0.25, 0.3) is 0 Å². The summed E-state index contributed by atoms with van der Waals surface area (Å²) in [7, 11) is 2.93. The monoisotopic (exact) mass is 237 g/mol. The molecule has 1 unspecified atom stereocenters. The summed E-state index contributed by atoms with van der Waals surface area (Å²) >= 11 is 0. The Labute approximate surface area is 99.6 Å². The second-order valence-corrected chi connectivity index (χ2v) is 3.70. The maximum absolute atomic E-state index is 11.9. The molecule has 0 radical (unpaired) electrons. The molecule has 1 atom stereocenters. The number of esters is 1. The van der Waals surface area contributed by atoms with Crippen LogP contribution in [0.5, 0.6) is 0 Å². The van der Waals surface area contributed by atoms with Crippen molar-refractivity contribution in [1.82, 2.24) is 14.9 Å². The summed E-state index contributed by atoms with van der Waals surface area (Å²) in [6, 6.07) is 0. The third-order valence-corrected chi connectivity index (χ3v) is 2.28. The molecule has 17 heavy (non-hydrogen) atoms. The van der Waals surface area contributed by atoms with E-state index in [2.05, 4.69) is 14.7 Å². The van der Waals surface area contributed by atoms with Gasteiger partial charge in [-0.3, -0.25) is 14.6 Å². The van der Waals surface area contributed by atoms with Crippen molar-refractivity contribution >= 4 is 11.9 Å². The summed E-state index contributed by atoms with van der Waals surface area (Å²) < 4.78 is 4.59. The number of carbonyl (C=O) groups excluding carboxylic acids is 2. The van der Waals surface area contributed by atoms with E-state index >= 15 is 0 Å². The van der Waals surface area contributed by atoms with Crippen molar-refractivity contribution in [3.63, 3.8) is 0 Å². The fraction of sp³-hybridized carbons (Fsp3) is 0.455. The van der Waals surface area contributed by atoms with Crippen LogP contribution in [0, 0.1) is 5.92 Å². The topological polar surface area (TPSA) is 72.4 Å². The highest BCUT2D eigenvalue weighted by Gasteiger charge is 2.20. The lowest BCUT2D eigenvalue weighted by Gasteiger charge is -2.19. The molecule has 1 aromatic rings. The van der Waals surface area contributed by atoms with Crippen molar-refractivity contribution in [2.45, 2.75) is 6.92 Å². The molecular weight excluding hydrogens is 222 g/mol. The lowest BCUT2D eigenvalue weighted by molar-refractivity contribution is -0.145. The van der Waals surface area contributed by atoms with Crippen LogP contribution in [-0.4, -0.2) is 47.4 Å². The van der Waals surface area contributed by atoms with Gasteiger partial charge in [0, 0.05) is 26.0 Å². The molecule has 1 aromatic heterocycles. The molecule has 6 nitrogen and oxygen atoms in total. The quantitative estimate of drug-likeness (QED) is 0.707. The Morgan fingerprint density at radius 1 is 1.47 bits per heavy atom. The van der Waals surface area contributed by atoms with E-state index in [1.807, 2.05) is 0 Å². The number of ether oxygens (including phenoxy) is 1. The Bertz CT molecular complexity index is 394. The molecule has 0 aliphatic heterocycles. The fourth-order valence-electron chi connectivity index (χ4n) is 1.37. The first-order valence-corrected chi connectivity index (χ1v) is 5.15. The van der Waals surface area contributed by atoms with Crippen LogP contribution in [0.3, 0.4) is 0 Å². The van der Waals surface area contributed by atoms with E-state index in [0.717, 1.165) is 0 Å². The molecule has 0 saturated heterocycles. The number of rotatable bonds is 4. The van der Waals surface area contributed by atoms with Gasteiger partial charge in [-0.2, -0.15) is 0 Å². The van der Waals surface area contributed by atoms with Gasteiger partial charge in [-0.05, 0) is 0 Å².